The molecular formula is C40H53N. The summed E-state index contributed by atoms with van der Waals surface area (Å²) in [5.41, 5.74) is 10.6. The average molecular weight is 548 g/mol. The van der Waals surface area contributed by atoms with Gasteiger partial charge >= 0.3 is 0 Å². The van der Waals surface area contributed by atoms with E-state index in [2.05, 4.69) is 170 Å². The molecule has 1 aromatic rings. The molecule has 1 aliphatic rings. The Labute approximate surface area is 252 Å². The van der Waals surface area contributed by atoms with Gasteiger partial charge < -0.3 is 4.90 Å². The van der Waals surface area contributed by atoms with Crippen LogP contribution in [0, 0.1) is 0 Å². The van der Waals surface area contributed by atoms with Crippen molar-refractivity contribution in [1.82, 2.24) is 4.90 Å². The summed E-state index contributed by atoms with van der Waals surface area (Å²) in [6, 6.07) is 10.8. The highest BCUT2D eigenvalue weighted by Gasteiger charge is 2.17. The van der Waals surface area contributed by atoms with Gasteiger partial charge in [-0.05, 0) is 83.2 Å². The molecule has 1 aliphatic carbocycles. The lowest BCUT2D eigenvalue weighted by Gasteiger charge is -2.31. The first-order chi connectivity index (χ1) is 19.8. The van der Waals surface area contributed by atoms with Crippen LogP contribution in [0.2, 0.25) is 0 Å². The normalized spacial score (nSPS) is 16.1. The van der Waals surface area contributed by atoms with E-state index in [1.54, 1.807) is 0 Å². The molecule has 0 amide bonds. The van der Waals surface area contributed by atoms with Gasteiger partial charge in [0.1, 0.15) is 0 Å². The third-order valence-corrected chi connectivity index (χ3v) is 7.24. The van der Waals surface area contributed by atoms with E-state index in [-0.39, 0.29) is 5.92 Å². The number of hydrogen-bond donors (Lipinski definition) is 0. The van der Waals surface area contributed by atoms with Crippen molar-refractivity contribution in [3.05, 3.63) is 154 Å². The van der Waals surface area contributed by atoms with Gasteiger partial charge in [-0.3, -0.25) is 0 Å². The van der Waals surface area contributed by atoms with Crippen LogP contribution in [0.15, 0.2) is 149 Å². The van der Waals surface area contributed by atoms with Crippen molar-refractivity contribution in [3.8, 4) is 0 Å². The van der Waals surface area contributed by atoms with Crippen molar-refractivity contribution < 1.29 is 0 Å². The molecule has 41 heavy (non-hydrogen) atoms. The molecule has 0 fully saturated rings. The van der Waals surface area contributed by atoms with Crippen LogP contribution in [0.5, 0.6) is 0 Å². The second-order valence-electron chi connectivity index (χ2n) is 11.0. The van der Waals surface area contributed by atoms with E-state index >= 15 is 0 Å². The molecule has 1 aromatic carbocycles. The fourth-order valence-electron chi connectivity index (χ4n) is 4.70. The molecule has 0 saturated heterocycles. The molecule has 1 nitrogen and oxygen atoms in total. The van der Waals surface area contributed by atoms with Gasteiger partial charge in [0.05, 0.1) is 0 Å². The summed E-state index contributed by atoms with van der Waals surface area (Å²) in [6.45, 7) is 17.6. The summed E-state index contributed by atoms with van der Waals surface area (Å²) in [4.78, 5) is 2.52. The summed E-state index contributed by atoms with van der Waals surface area (Å²) >= 11 is 0. The van der Waals surface area contributed by atoms with Crippen LogP contribution < -0.4 is 0 Å². The van der Waals surface area contributed by atoms with Gasteiger partial charge in [-0.25, -0.2) is 0 Å². The summed E-state index contributed by atoms with van der Waals surface area (Å²) in [6.07, 6.45) is 34.5. The third-order valence-electron chi connectivity index (χ3n) is 7.24. The summed E-state index contributed by atoms with van der Waals surface area (Å²) < 4.78 is 0. The van der Waals surface area contributed by atoms with Crippen LogP contribution in [0.1, 0.15) is 99.0 Å². The van der Waals surface area contributed by atoms with Crippen molar-refractivity contribution in [2.24, 2.45) is 0 Å². The highest BCUT2D eigenvalue weighted by atomic mass is 15.2. The quantitative estimate of drug-likeness (QED) is 0.209. The molecule has 0 aliphatic heterocycles. The largest absolute Gasteiger partial charge is 0.321 e. The Kier molecular flexibility index (Phi) is 15.3. The Morgan fingerprint density at radius 2 is 1.59 bits per heavy atom. The van der Waals surface area contributed by atoms with Crippen LogP contribution in [0.25, 0.3) is 0 Å². The topological polar surface area (TPSA) is 3.24 Å². The lowest BCUT2D eigenvalue weighted by molar-refractivity contribution is 0.474. The minimum absolute atomic E-state index is 0.233. The summed E-state index contributed by atoms with van der Waals surface area (Å²) in [7, 11) is 0. The van der Waals surface area contributed by atoms with Crippen LogP contribution in [0.3, 0.4) is 0 Å². The number of nitrogens with zero attached hydrogens (tertiary/aromatic N) is 1. The zero-order valence-corrected chi connectivity index (χ0v) is 27.0. The van der Waals surface area contributed by atoms with Crippen molar-refractivity contribution in [2.75, 3.05) is 0 Å². The predicted octanol–water partition coefficient (Wildman–Crippen LogP) is 12.2. The Morgan fingerprint density at radius 1 is 0.854 bits per heavy atom. The molecule has 0 aromatic heterocycles. The lowest BCUT2D eigenvalue weighted by atomic mass is 9.90. The number of allylic oxidation sites excluding steroid dienone is 19. The first kappa shape index (κ1) is 33.6. The highest BCUT2D eigenvalue weighted by molar-refractivity contribution is 5.43. The van der Waals surface area contributed by atoms with E-state index in [0.29, 0.717) is 0 Å². The average Bonchev–Trinajstić information content (AvgIpc) is 3.22. The Bertz CT molecular complexity index is 1260. The van der Waals surface area contributed by atoms with Crippen molar-refractivity contribution in [2.45, 2.75) is 93.4 Å². The Hall–Kier alpha value is -3.58. The number of rotatable bonds is 14. The molecule has 1 heteroatoms. The second-order valence-corrected chi connectivity index (χ2v) is 11.0. The van der Waals surface area contributed by atoms with Gasteiger partial charge in [-0.1, -0.05) is 135 Å². The van der Waals surface area contributed by atoms with E-state index in [1.165, 1.54) is 44.9 Å². The maximum Gasteiger partial charge on any atom is 0.0264 e. The predicted molar refractivity (Wildman–Crippen MR) is 183 cm³/mol. The van der Waals surface area contributed by atoms with Gasteiger partial charge in [0.15, 0.2) is 0 Å². The molecule has 0 spiro atoms. The summed E-state index contributed by atoms with van der Waals surface area (Å²) in [5, 5.41) is 0. The van der Waals surface area contributed by atoms with Gasteiger partial charge in [0.25, 0.3) is 0 Å². The fraction of sp³-hybridized carbons (Fsp3) is 0.350. The minimum atomic E-state index is 0.233. The van der Waals surface area contributed by atoms with Gasteiger partial charge in [-0.2, -0.15) is 0 Å². The molecule has 2 rings (SSSR count). The van der Waals surface area contributed by atoms with Crippen LogP contribution in [-0.4, -0.2) is 4.90 Å². The molecule has 0 bridgehead atoms. The van der Waals surface area contributed by atoms with E-state index in [1.807, 2.05) is 0 Å². The zero-order chi connectivity index (χ0) is 30.0. The second kappa shape index (κ2) is 18.7. The molecule has 1 atom stereocenters. The van der Waals surface area contributed by atoms with Crippen molar-refractivity contribution in [3.63, 3.8) is 0 Å². The molecule has 0 saturated carbocycles. The maximum atomic E-state index is 2.52. The number of hydrogen-bond acceptors (Lipinski definition) is 1. The molecule has 0 heterocycles. The smallest absolute Gasteiger partial charge is 0.0264 e. The first-order valence-electron chi connectivity index (χ1n) is 15.4. The SMILES string of the molecule is C/C=C\C=C(/C)C(/C=C\C1=CC=C(N(/C(=C/C=C(/C)CC)CC)/C(=C/C=C(C)C)CCC)CC=C1)c1ccccc1. The van der Waals surface area contributed by atoms with E-state index in [4.69, 9.17) is 0 Å². The highest BCUT2D eigenvalue weighted by Crippen LogP contribution is 2.31. The molecule has 218 valence electrons. The van der Waals surface area contributed by atoms with Gasteiger partial charge in [0.2, 0.25) is 0 Å². The summed E-state index contributed by atoms with van der Waals surface area (Å²) in [5.74, 6) is 0.233. The van der Waals surface area contributed by atoms with E-state index < -0.39 is 0 Å². The first-order valence-corrected chi connectivity index (χ1v) is 15.4. The minimum Gasteiger partial charge on any atom is -0.321 e. The Morgan fingerprint density at radius 3 is 2.22 bits per heavy atom. The van der Waals surface area contributed by atoms with Crippen molar-refractivity contribution in [1.29, 1.82) is 0 Å². The monoisotopic (exact) mass is 547 g/mol. The lowest BCUT2D eigenvalue weighted by Crippen LogP contribution is -2.22. The maximum absolute atomic E-state index is 2.52. The van der Waals surface area contributed by atoms with Gasteiger partial charge in [0, 0.05) is 29.4 Å². The van der Waals surface area contributed by atoms with Crippen LogP contribution >= 0.6 is 0 Å². The van der Waals surface area contributed by atoms with Crippen LogP contribution in [0.4, 0.5) is 0 Å². The molecular weight excluding hydrogens is 494 g/mol. The number of benzene rings is 1. The molecule has 0 radical (unpaired) electrons. The van der Waals surface area contributed by atoms with Gasteiger partial charge in [-0.15, -0.1) is 0 Å². The van der Waals surface area contributed by atoms with Crippen molar-refractivity contribution >= 4 is 0 Å². The third kappa shape index (κ3) is 11.4. The zero-order valence-electron chi connectivity index (χ0n) is 27.0. The van der Waals surface area contributed by atoms with Crippen LogP contribution in [-0.2, 0) is 0 Å². The fourth-order valence-corrected chi connectivity index (χ4v) is 4.70. The van der Waals surface area contributed by atoms with E-state index in [9.17, 15) is 0 Å². The Balaban J connectivity index is 2.57. The molecule has 0 N–H and O–H groups in total. The standard InChI is InChI=1S/C40H53N/c1-9-13-19-34(8)40(36-21-15-14-16-22-36)31-27-35-20-17-23-39(30-26-35)41(37(12-4)29-25-33(7)11-3)38(18-10-2)28-24-32(5)6/h9,13-17,19-22,24-31,40H,10-12,18,23H2,1-8H3/b13-9-,31-27-,33-25-,34-19+,37-29+,38-28+. The molecule has 1 unspecified atom stereocenters. The van der Waals surface area contributed by atoms with E-state index in [0.717, 1.165) is 32.1 Å².